The first-order chi connectivity index (χ1) is 20.6. The average molecular weight is 611 g/mol. The Hall–Kier alpha value is -2.24. The molecule has 44 heavy (non-hydrogen) atoms. The van der Waals surface area contributed by atoms with Gasteiger partial charge >= 0.3 is 0 Å². The van der Waals surface area contributed by atoms with Crippen molar-refractivity contribution in [1.29, 1.82) is 0 Å². The Labute approximate surface area is 271 Å². The Morgan fingerprint density at radius 3 is 1.25 bits per heavy atom. The van der Waals surface area contributed by atoms with Crippen LogP contribution >= 0.6 is 7.92 Å². The lowest BCUT2D eigenvalue weighted by Crippen LogP contribution is -2.26. The third kappa shape index (κ3) is 6.94. The maximum absolute atomic E-state index is 12.7. The van der Waals surface area contributed by atoms with Crippen LogP contribution in [0.15, 0.2) is 42.5 Å². The Balaban J connectivity index is 2.21. The highest BCUT2D eigenvalue weighted by Gasteiger charge is 2.33. The summed E-state index contributed by atoms with van der Waals surface area (Å²) in [6.45, 7) is 30.5. The van der Waals surface area contributed by atoms with E-state index in [-0.39, 0.29) is 0 Å². The Morgan fingerprint density at radius 1 is 0.591 bits per heavy atom. The van der Waals surface area contributed by atoms with Crippen molar-refractivity contribution in [2.24, 2.45) is 0 Å². The van der Waals surface area contributed by atoms with Crippen molar-refractivity contribution in [2.75, 3.05) is 6.16 Å². The van der Waals surface area contributed by atoms with E-state index in [9.17, 15) is 4.79 Å². The number of ketones is 1. The van der Waals surface area contributed by atoms with Gasteiger partial charge in [0.15, 0.2) is 0 Å². The van der Waals surface area contributed by atoms with Crippen LogP contribution in [0.4, 0.5) is 0 Å². The van der Waals surface area contributed by atoms with Crippen molar-refractivity contribution in [1.82, 2.24) is 0 Å². The first-order valence-electron chi connectivity index (χ1n) is 17.4. The molecule has 2 unspecified atom stereocenters. The second-order valence-corrected chi connectivity index (χ2v) is 18.0. The fourth-order valence-electron chi connectivity index (χ4n) is 7.13. The van der Waals surface area contributed by atoms with E-state index in [0.29, 0.717) is 59.8 Å². The van der Waals surface area contributed by atoms with Gasteiger partial charge in [0.2, 0.25) is 0 Å². The van der Waals surface area contributed by atoms with E-state index in [1.165, 1.54) is 55.6 Å². The molecule has 238 valence electrons. The largest absolute Gasteiger partial charge is 0.300 e. The molecular formula is C42H59OP. The maximum atomic E-state index is 12.7. The Kier molecular flexibility index (Phi) is 11.0. The van der Waals surface area contributed by atoms with Crippen molar-refractivity contribution in [2.45, 2.75) is 144 Å². The number of Topliss-reactive ketones (excluding diaryl/α,β-unsaturated/α-hetero) is 1. The van der Waals surface area contributed by atoms with Crippen molar-refractivity contribution in [3.63, 3.8) is 0 Å². The molecule has 3 aromatic rings. The number of carbonyl (C=O) groups excluding carboxylic acids is 1. The van der Waals surface area contributed by atoms with Crippen molar-refractivity contribution < 1.29 is 4.79 Å². The summed E-state index contributed by atoms with van der Waals surface area (Å²) in [5.74, 6) is 3.07. The van der Waals surface area contributed by atoms with E-state index in [1.54, 1.807) is 5.30 Å². The van der Waals surface area contributed by atoms with Gasteiger partial charge in [0.25, 0.3) is 0 Å². The predicted molar refractivity (Wildman–Crippen MR) is 197 cm³/mol. The monoisotopic (exact) mass is 610 g/mol. The van der Waals surface area contributed by atoms with Gasteiger partial charge in [0.1, 0.15) is 5.78 Å². The van der Waals surface area contributed by atoms with Gasteiger partial charge in [-0.05, 0) is 108 Å². The number of rotatable bonds is 9. The lowest BCUT2D eigenvalue weighted by Gasteiger charge is -2.35. The molecule has 1 saturated heterocycles. The van der Waals surface area contributed by atoms with Crippen LogP contribution in [0, 0.1) is 0 Å². The van der Waals surface area contributed by atoms with Gasteiger partial charge in [0, 0.05) is 12.8 Å². The van der Waals surface area contributed by atoms with E-state index in [4.69, 9.17) is 0 Å². The van der Waals surface area contributed by atoms with Crippen molar-refractivity contribution >= 4 is 19.0 Å². The van der Waals surface area contributed by atoms with Crippen LogP contribution in [-0.4, -0.2) is 17.6 Å². The molecule has 0 radical (unpaired) electrons. The van der Waals surface area contributed by atoms with Gasteiger partial charge in [-0.1, -0.05) is 140 Å². The van der Waals surface area contributed by atoms with E-state index in [1.807, 2.05) is 0 Å². The highest BCUT2D eigenvalue weighted by molar-refractivity contribution is 7.67. The molecule has 4 rings (SSSR count). The van der Waals surface area contributed by atoms with Gasteiger partial charge in [0.05, 0.1) is 0 Å². The van der Waals surface area contributed by atoms with Crippen LogP contribution < -0.4 is 5.30 Å². The first-order valence-corrected chi connectivity index (χ1v) is 19.0. The molecule has 1 heterocycles. The molecule has 1 fully saturated rings. The lowest BCUT2D eigenvalue weighted by molar-refractivity contribution is -0.118. The second kappa shape index (κ2) is 14.0. The Bertz CT molecular complexity index is 1330. The normalized spacial score (nSPS) is 17.8. The number of hydrogen-bond acceptors (Lipinski definition) is 1. The summed E-state index contributed by atoms with van der Waals surface area (Å²) in [6, 6.07) is 17.2. The van der Waals surface area contributed by atoms with Gasteiger partial charge in [-0.2, -0.15) is 0 Å². The summed E-state index contributed by atoms with van der Waals surface area (Å²) in [4.78, 5) is 12.7. The summed E-state index contributed by atoms with van der Waals surface area (Å²) < 4.78 is 0. The molecule has 0 aromatic heterocycles. The minimum atomic E-state index is -0.531. The zero-order valence-corrected chi connectivity index (χ0v) is 31.0. The van der Waals surface area contributed by atoms with E-state index >= 15 is 0 Å². The molecule has 1 nitrogen and oxygen atoms in total. The molecule has 3 aromatic carbocycles. The summed E-state index contributed by atoms with van der Waals surface area (Å²) >= 11 is 0. The molecule has 0 N–H and O–H groups in total. The van der Waals surface area contributed by atoms with Crippen LogP contribution in [0.1, 0.15) is 172 Å². The summed E-state index contributed by atoms with van der Waals surface area (Å²) in [5.41, 5.74) is 14.9. The maximum Gasteiger partial charge on any atom is 0.133 e. The van der Waals surface area contributed by atoms with Crippen LogP contribution in [0.3, 0.4) is 0 Å². The predicted octanol–water partition coefficient (Wildman–Crippen LogP) is 12.6. The van der Waals surface area contributed by atoms with Crippen LogP contribution in [0.2, 0.25) is 0 Å². The zero-order valence-electron chi connectivity index (χ0n) is 30.1. The standard InChI is InChI=1S/C42H59OP/c1-24(2)31-20-36(26(5)6)40(37(21-31)27(7)8)34-15-14-16-35(42(34)44-18-17-33(43)19-30(44)13)41-38(28(9)10)22-32(25(3)4)23-39(41)29(11)12/h14-16,20-30H,17-19H2,1-13H3. The lowest BCUT2D eigenvalue weighted by atomic mass is 9.79. The molecule has 0 saturated carbocycles. The molecule has 0 amide bonds. The van der Waals surface area contributed by atoms with Crippen LogP contribution in [0.5, 0.6) is 0 Å². The van der Waals surface area contributed by atoms with Gasteiger partial charge in [-0.25, -0.2) is 0 Å². The Morgan fingerprint density at radius 2 is 0.955 bits per heavy atom. The molecule has 1 aliphatic heterocycles. The number of benzene rings is 3. The van der Waals surface area contributed by atoms with E-state index in [2.05, 4.69) is 132 Å². The molecule has 0 aliphatic carbocycles. The molecular weight excluding hydrogens is 551 g/mol. The highest BCUT2D eigenvalue weighted by Crippen LogP contribution is 2.53. The van der Waals surface area contributed by atoms with Gasteiger partial charge in [-0.15, -0.1) is 0 Å². The smallest absolute Gasteiger partial charge is 0.133 e. The fraction of sp³-hybridized carbons (Fsp3) is 0.548. The quantitative estimate of drug-likeness (QED) is 0.220. The van der Waals surface area contributed by atoms with Gasteiger partial charge < -0.3 is 0 Å². The number of carbonyl (C=O) groups is 1. The molecule has 0 bridgehead atoms. The summed E-state index contributed by atoms with van der Waals surface area (Å²) in [6.07, 6.45) is 2.42. The third-order valence-electron chi connectivity index (χ3n) is 9.81. The first kappa shape index (κ1) is 34.6. The van der Waals surface area contributed by atoms with E-state index < -0.39 is 7.92 Å². The third-order valence-corrected chi connectivity index (χ3v) is 12.8. The van der Waals surface area contributed by atoms with Crippen LogP contribution in [-0.2, 0) is 4.79 Å². The van der Waals surface area contributed by atoms with Crippen molar-refractivity contribution in [3.8, 4) is 22.3 Å². The fourth-order valence-corrected chi connectivity index (χ4v) is 10.1. The summed E-state index contributed by atoms with van der Waals surface area (Å²) in [5, 5.41) is 1.55. The minimum absolute atomic E-state index is 0.381. The molecule has 0 spiro atoms. The molecule has 2 atom stereocenters. The summed E-state index contributed by atoms with van der Waals surface area (Å²) in [7, 11) is -0.531. The highest BCUT2D eigenvalue weighted by atomic mass is 31.1. The molecule has 1 aliphatic rings. The van der Waals surface area contributed by atoms with Crippen molar-refractivity contribution in [3.05, 3.63) is 75.8 Å². The van der Waals surface area contributed by atoms with Gasteiger partial charge in [-0.3, -0.25) is 4.79 Å². The molecule has 2 heteroatoms. The number of hydrogen-bond donors (Lipinski definition) is 0. The minimum Gasteiger partial charge on any atom is -0.300 e. The SMILES string of the molecule is CC(C)c1cc(C(C)C)c(-c2cccc(-c3c(C(C)C)cc(C(C)C)cc3C(C)C)c2P2CCC(=O)CC2C)c(C(C)C)c1. The average Bonchev–Trinajstić information content (AvgIpc) is 2.95. The second-order valence-electron chi connectivity index (χ2n) is 15.3. The topological polar surface area (TPSA) is 17.1 Å². The van der Waals surface area contributed by atoms with E-state index in [0.717, 1.165) is 6.16 Å². The van der Waals surface area contributed by atoms with Crippen LogP contribution in [0.25, 0.3) is 22.3 Å². The zero-order chi connectivity index (χ0) is 32.6.